The minimum absolute atomic E-state index is 0.185. The van der Waals surface area contributed by atoms with Crippen LogP contribution in [0.15, 0.2) is 18.2 Å². The molecule has 0 aliphatic carbocycles. The topological polar surface area (TPSA) is 21.7 Å². The zero-order chi connectivity index (χ0) is 14.4. The minimum Gasteiger partial charge on any atom is -0.497 e. The molecule has 2 rings (SSSR count). The second-order valence-corrected chi connectivity index (χ2v) is 5.34. The van der Waals surface area contributed by atoms with Gasteiger partial charge in [0.15, 0.2) is 0 Å². The molecule has 112 valence electrons. The number of halogens is 1. The molecule has 0 radical (unpaired) electrons. The lowest BCUT2D eigenvalue weighted by Gasteiger charge is -2.29. The van der Waals surface area contributed by atoms with Gasteiger partial charge < -0.3 is 9.47 Å². The van der Waals surface area contributed by atoms with Gasteiger partial charge in [-0.1, -0.05) is 13.0 Å². The summed E-state index contributed by atoms with van der Waals surface area (Å²) in [6, 6.07) is 5.10. The van der Waals surface area contributed by atoms with E-state index in [0.29, 0.717) is 18.2 Å². The summed E-state index contributed by atoms with van der Waals surface area (Å²) in [5, 5.41) is 0. The van der Waals surface area contributed by atoms with Crippen molar-refractivity contribution in [3.8, 4) is 5.75 Å². The largest absolute Gasteiger partial charge is 0.497 e. The number of hydrogen-bond acceptors (Lipinski definition) is 3. The lowest BCUT2D eigenvalue weighted by atomic mass is 9.99. The molecule has 1 aromatic rings. The highest BCUT2D eigenvalue weighted by Gasteiger charge is 2.18. The molecule has 1 saturated heterocycles. The number of hydrogen-bond donors (Lipinski definition) is 0. The standard InChI is InChI=1S/C16H24FNO2/c1-3-18(11-13-6-8-20-9-7-13)12-14-4-5-15(19-2)10-16(14)17/h4-5,10,13H,3,6-9,11-12H2,1-2H3. The molecule has 0 saturated carbocycles. The number of nitrogens with zero attached hydrogens (tertiary/aromatic N) is 1. The summed E-state index contributed by atoms with van der Waals surface area (Å²) in [4.78, 5) is 2.31. The van der Waals surface area contributed by atoms with E-state index in [-0.39, 0.29) is 5.82 Å². The van der Waals surface area contributed by atoms with Gasteiger partial charge in [-0.15, -0.1) is 0 Å². The van der Waals surface area contributed by atoms with E-state index in [1.807, 2.05) is 12.1 Å². The van der Waals surface area contributed by atoms with E-state index < -0.39 is 0 Å². The van der Waals surface area contributed by atoms with Crippen LogP contribution >= 0.6 is 0 Å². The number of ether oxygens (including phenoxy) is 2. The smallest absolute Gasteiger partial charge is 0.131 e. The zero-order valence-electron chi connectivity index (χ0n) is 12.4. The van der Waals surface area contributed by atoms with Crippen molar-refractivity contribution < 1.29 is 13.9 Å². The average Bonchev–Trinajstić information content (AvgIpc) is 2.49. The molecule has 0 atom stereocenters. The Morgan fingerprint density at radius 3 is 2.70 bits per heavy atom. The van der Waals surface area contributed by atoms with Crippen LogP contribution in [0, 0.1) is 11.7 Å². The molecule has 0 bridgehead atoms. The van der Waals surface area contributed by atoms with Gasteiger partial charge in [-0.3, -0.25) is 4.90 Å². The molecule has 4 heteroatoms. The Bertz CT molecular complexity index is 419. The maximum atomic E-state index is 14.0. The quantitative estimate of drug-likeness (QED) is 0.800. The van der Waals surface area contributed by atoms with Crippen LogP contribution in [-0.2, 0) is 11.3 Å². The Morgan fingerprint density at radius 1 is 1.35 bits per heavy atom. The number of rotatable bonds is 6. The van der Waals surface area contributed by atoms with Crippen molar-refractivity contribution in [2.75, 3.05) is 33.4 Å². The SMILES string of the molecule is CCN(Cc1ccc(OC)cc1F)CC1CCOCC1. The van der Waals surface area contributed by atoms with Crippen LogP contribution in [0.4, 0.5) is 4.39 Å². The Labute approximate surface area is 120 Å². The highest BCUT2D eigenvalue weighted by Crippen LogP contribution is 2.20. The Kier molecular flexibility index (Phi) is 5.80. The fourth-order valence-electron chi connectivity index (χ4n) is 2.62. The third kappa shape index (κ3) is 4.18. The predicted molar refractivity (Wildman–Crippen MR) is 77.4 cm³/mol. The lowest BCUT2D eigenvalue weighted by molar-refractivity contribution is 0.0520. The molecule has 0 amide bonds. The van der Waals surface area contributed by atoms with E-state index in [9.17, 15) is 4.39 Å². The first-order valence-corrected chi connectivity index (χ1v) is 7.35. The fourth-order valence-corrected chi connectivity index (χ4v) is 2.62. The highest BCUT2D eigenvalue weighted by atomic mass is 19.1. The van der Waals surface area contributed by atoms with Gasteiger partial charge in [0, 0.05) is 37.9 Å². The van der Waals surface area contributed by atoms with Gasteiger partial charge in [0.2, 0.25) is 0 Å². The second kappa shape index (κ2) is 7.60. The predicted octanol–water partition coefficient (Wildman–Crippen LogP) is 3.08. The molecule has 0 unspecified atom stereocenters. The molecule has 1 aliphatic rings. The van der Waals surface area contributed by atoms with Gasteiger partial charge in [-0.25, -0.2) is 4.39 Å². The van der Waals surface area contributed by atoms with Crippen LogP contribution < -0.4 is 4.74 Å². The van der Waals surface area contributed by atoms with Gasteiger partial charge >= 0.3 is 0 Å². The summed E-state index contributed by atoms with van der Waals surface area (Å²) < 4.78 is 24.4. The first-order chi connectivity index (χ1) is 9.72. The summed E-state index contributed by atoms with van der Waals surface area (Å²) in [6.07, 6.45) is 2.23. The molecule has 0 spiro atoms. The third-order valence-corrected chi connectivity index (χ3v) is 3.96. The van der Waals surface area contributed by atoms with Crippen molar-refractivity contribution in [3.05, 3.63) is 29.6 Å². The second-order valence-electron chi connectivity index (χ2n) is 5.34. The molecule has 1 aromatic carbocycles. The molecule has 1 heterocycles. The van der Waals surface area contributed by atoms with Crippen molar-refractivity contribution in [1.29, 1.82) is 0 Å². The zero-order valence-corrected chi connectivity index (χ0v) is 12.4. The van der Waals surface area contributed by atoms with Crippen molar-refractivity contribution in [1.82, 2.24) is 4.90 Å². The van der Waals surface area contributed by atoms with Crippen molar-refractivity contribution >= 4 is 0 Å². The van der Waals surface area contributed by atoms with Crippen molar-refractivity contribution in [3.63, 3.8) is 0 Å². The molecule has 20 heavy (non-hydrogen) atoms. The monoisotopic (exact) mass is 281 g/mol. The number of benzene rings is 1. The maximum Gasteiger partial charge on any atom is 0.131 e. The van der Waals surface area contributed by atoms with Crippen LogP contribution in [0.5, 0.6) is 5.75 Å². The Morgan fingerprint density at radius 2 is 2.10 bits per heavy atom. The third-order valence-electron chi connectivity index (χ3n) is 3.96. The van der Waals surface area contributed by atoms with E-state index >= 15 is 0 Å². The first-order valence-electron chi connectivity index (χ1n) is 7.35. The fraction of sp³-hybridized carbons (Fsp3) is 0.625. The van der Waals surface area contributed by atoms with Crippen LogP contribution in [-0.4, -0.2) is 38.3 Å². The van der Waals surface area contributed by atoms with Gasteiger partial charge in [0.1, 0.15) is 11.6 Å². The molecule has 1 aliphatic heterocycles. The molecule has 1 fully saturated rings. The van der Waals surface area contributed by atoms with Crippen LogP contribution in [0.25, 0.3) is 0 Å². The van der Waals surface area contributed by atoms with E-state index in [4.69, 9.17) is 9.47 Å². The summed E-state index contributed by atoms with van der Waals surface area (Å²) in [5.41, 5.74) is 0.736. The van der Waals surface area contributed by atoms with Gasteiger partial charge in [0.25, 0.3) is 0 Å². The summed E-state index contributed by atoms with van der Waals surface area (Å²) in [6.45, 7) is 6.46. The molecule has 3 nitrogen and oxygen atoms in total. The van der Waals surface area contributed by atoms with Crippen molar-refractivity contribution in [2.24, 2.45) is 5.92 Å². The molecular formula is C16H24FNO2. The highest BCUT2D eigenvalue weighted by molar-refractivity contribution is 5.28. The number of methoxy groups -OCH3 is 1. The van der Waals surface area contributed by atoms with E-state index in [1.54, 1.807) is 7.11 Å². The van der Waals surface area contributed by atoms with Gasteiger partial charge in [-0.2, -0.15) is 0 Å². The van der Waals surface area contributed by atoms with Crippen LogP contribution in [0.1, 0.15) is 25.3 Å². The Hall–Kier alpha value is -1.13. The normalized spacial score (nSPS) is 16.6. The van der Waals surface area contributed by atoms with Crippen molar-refractivity contribution in [2.45, 2.75) is 26.3 Å². The average molecular weight is 281 g/mol. The minimum atomic E-state index is -0.185. The van der Waals surface area contributed by atoms with Crippen LogP contribution in [0.2, 0.25) is 0 Å². The summed E-state index contributed by atoms with van der Waals surface area (Å²) in [7, 11) is 1.55. The maximum absolute atomic E-state index is 14.0. The Balaban J connectivity index is 1.94. The van der Waals surface area contributed by atoms with E-state index in [0.717, 1.165) is 44.7 Å². The van der Waals surface area contributed by atoms with E-state index in [1.165, 1.54) is 6.07 Å². The summed E-state index contributed by atoms with van der Waals surface area (Å²) in [5.74, 6) is 1.05. The van der Waals surface area contributed by atoms with Gasteiger partial charge in [0.05, 0.1) is 7.11 Å². The first kappa shape index (κ1) is 15.3. The van der Waals surface area contributed by atoms with Gasteiger partial charge in [-0.05, 0) is 31.4 Å². The lowest BCUT2D eigenvalue weighted by Crippen LogP contribution is -2.32. The molecule has 0 aromatic heterocycles. The molecular weight excluding hydrogens is 257 g/mol. The molecule has 0 N–H and O–H groups in total. The van der Waals surface area contributed by atoms with Crippen LogP contribution in [0.3, 0.4) is 0 Å². The van der Waals surface area contributed by atoms with E-state index in [2.05, 4.69) is 11.8 Å². The summed E-state index contributed by atoms with van der Waals surface area (Å²) >= 11 is 0.